The topological polar surface area (TPSA) is 73.8 Å². The summed E-state index contributed by atoms with van der Waals surface area (Å²) in [6.45, 7) is 2.48. The Hall–Kier alpha value is -2.41. The highest BCUT2D eigenvalue weighted by Gasteiger charge is 2.37. The maximum Gasteiger partial charge on any atom is 0.319 e. The zero-order valence-corrected chi connectivity index (χ0v) is 15.9. The van der Waals surface area contributed by atoms with Gasteiger partial charge >= 0.3 is 6.03 Å². The Balaban J connectivity index is 1.28. The molecule has 2 aromatic rings. The van der Waals surface area contributed by atoms with Crippen molar-refractivity contribution in [3.05, 3.63) is 54.6 Å². The molecule has 4 rings (SSSR count). The number of carbonyl (C=O) groups is 1. The molecule has 0 saturated carbocycles. The summed E-state index contributed by atoms with van der Waals surface area (Å²) < 4.78 is 5.80. The van der Waals surface area contributed by atoms with Gasteiger partial charge < -0.3 is 20.5 Å². The second-order valence-electron chi connectivity index (χ2n) is 7.55. The monoisotopic (exact) mass is 381 g/mol. The van der Waals surface area contributed by atoms with E-state index in [-0.39, 0.29) is 24.8 Å². The molecule has 2 aromatic carbocycles. The van der Waals surface area contributed by atoms with Crippen molar-refractivity contribution in [3.8, 4) is 11.1 Å². The number of hydrogen-bond acceptors (Lipinski definition) is 4. The van der Waals surface area contributed by atoms with Crippen molar-refractivity contribution in [2.45, 2.75) is 31.0 Å². The first-order valence-electron chi connectivity index (χ1n) is 9.91. The van der Waals surface area contributed by atoms with Crippen molar-refractivity contribution in [2.75, 3.05) is 31.6 Å². The third-order valence-electron chi connectivity index (χ3n) is 5.53. The zero-order chi connectivity index (χ0) is 19.3. The number of aliphatic hydroxyl groups excluding tert-OH is 1. The van der Waals surface area contributed by atoms with Crippen molar-refractivity contribution in [1.82, 2.24) is 10.2 Å². The fourth-order valence-corrected chi connectivity index (χ4v) is 4.10. The first kappa shape index (κ1) is 18.9. The van der Waals surface area contributed by atoms with Gasteiger partial charge in [-0.3, -0.25) is 4.90 Å². The van der Waals surface area contributed by atoms with Crippen molar-refractivity contribution in [3.63, 3.8) is 0 Å². The minimum absolute atomic E-state index is 0.0944. The maximum absolute atomic E-state index is 12.4. The molecule has 0 aliphatic carbocycles. The van der Waals surface area contributed by atoms with Crippen LogP contribution in [0.4, 0.5) is 10.5 Å². The number of urea groups is 1. The zero-order valence-electron chi connectivity index (χ0n) is 15.9. The Labute approximate surface area is 165 Å². The molecule has 2 aliphatic heterocycles. The van der Waals surface area contributed by atoms with Crippen LogP contribution >= 0.6 is 0 Å². The summed E-state index contributed by atoms with van der Waals surface area (Å²) in [7, 11) is 0. The number of carbonyl (C=O) groups excluding carboxylic acids is 1. The van der Waals surface area contributed by atoms with E-state index in [4.69, 9.17) is 9.84 Å². The highest BCUT2D eigenvalue weighted by molar-refractivity contribution is 5.89. The summed E-state index contributed by atoms with van der Waals surface area (Å²) in [5.74, 6) is 0. The summed E-state index contributed by atoms with van der Waals surface area (Å²) in [5.41, 5.74) is 3.05. The van der Waals surface area contributed by atoms with Crippen LogP contribution < -0.4 is 10.6 Å². The first-order valence-corrected chi connectivity index (χ1v) is 9.91. The minimum Gasteiger partial charge on any atom is -0.396 e. The molecule has 0 unspecified atom stereocenters. The first-order chi connectivity index (χ1) is 13.7. The molecule has 2 amide bonds. The van der Waals surface area contributed by atoms with Crippen molar-refractivity contribution in [1.29, 1.82) is 0 Å². The number of nitrogens with one attached hydrogen (secondary N) is 2. The van der Waals surface area contributed by atoms with Gasteiger partial charge in [0.1, 0.15) is 0 Å². The molecular formula is C22H27N3O3. The number of morpholine rings is 1. The van der Waals surface area contributed by atoms with Crippen LogP contribution in [-0.4, -0.2) is 60.5 Å². The van der Waals surface area contributed by atoms with E-state index in [2.05, 4.69) is 27.7 Å². The molecule has 6 heteroatoms. The number of hydrogen-bond donors (Lipinski definition) is 3. The Bertz CT molecular complexity index is 781. The number of fused-ring (bicyclic) bond motifs is 1. The van der Waals surface area contributed by atoms with Gasteiger partial charge in [-0.2, -0.15) is 0 Å². The number of ether oxygens (including phenoxy) is 1. The smallest absolute Gasteiger partial charge is 0.319 e. The Morgan fingerprint density at radius 1 is 1.07 bits per heavy atom. The normalized spacial score (nSPS) is 24.5. The van der Waals surface area contributed by atoms with Crippen LogP contribution in [0.3, 0.4) is 0 Å². The van der Waals surface area contributed by atoms with E-state index >= 15 is 0 Å². The molecular weight excluding hydrogens is 354 g/mol. The fourth-order valence-electron chi connectivity index (χ4n) is 4.10. The third-order valence-corrected chi connectivity index (χ3v) is 5.53. The van der Waals surface area contributed by atoms with Crippen LogP contribution in [0, 0.1) is 0 Å². The lowest BCUT2D eigenvalue weighted by atomic mass is 10.1. The van der Waals surface area contributed by atoms with Crippen LogP contribution in [0.2, 0.25) is 0 Å². The number of nitrogens with zero attached hydrogens (tertiary/aromatic N) is 1. The molecule has 3 N–H and O–H groups in total. The minimum atomic E-state index is -0.176. The lowest BCUT2D eigenvalue weighted by Crippen LogP contribution is -2.46. The molecule has 0 aromatic heterocycles. The fraction of sp³-hybridized carbons (Fsp3) is 0.409. The second-order valence-corrected chi connectivity index (χ2v) is 7.55. The Morgan fingerprint density at radius 2 is 1.82 bits per heavy atom. The largest absolute Gasteiger partial charge is 0.396 e. The van der Waals surface area contributed by atoms with Gasteiger partial charge in [0, 0.05) is 37.5 Å². The summed E-state index contributed by atoms with van der Waals surface area (Å²) in [5, 5.41) is 15.1. The van der Waals surface area contributed by atoms with Crippen molar-refractivity contribution < 1.29 is 14.6 Å². The second kappa shape index (κ2) is 8.73. The van der Waals surface area contributed by atoms with Crippen LogP contribution in [0.15, 0.2) is 54.6 Å². The predicted octanol–water partition coefficient (Wildman–Crippen LogP) is 2.70. The predicted molar refractivity (Wildman–Crippen MR) is 109 cm³/mol. The SMILES string of the molecule is O=C(Nc1ccc(-c2ccccc2)cc1)N[C@@H]1C[C@H]2CO[C@@H](CCO)CN2C1. The standard InChI is InChI=1S/C22H27N3O3/c26-11-10-21-14-25-13-19(12-20(25)15-28-21)24-22(27)23-18-8-6-17(7-9-18)16-4-2-1-3-5-16/h1-9,19-21,26H,10-15H2,(H2,23,24,27)/t19-,20+,21+/m1/s1. The van der Waals surface area contributed by atoms with E-state index in [0.29, 0.717) is 19.1 Å². The molecule has 148 valence electrons. The highest BCUT2D eigenvalue weighted by atomic mass is 16.5. The van der Waals surface area contributed by atoms with Gasteiger partial charge in [0.2, 0.25) is 0 Å². The average molecular weight is 381 g/mol. The molecule has 28 heavy (non-hydrogen) atoms. The van der Waals surface area contributed by atoms with E-state index in [1.54, 1.807) is 0 Å². The lowest BCUT2D eigenvalue weighted by molar-refractivity contribution is -0.0566. The van der Waals surface area contributed by atoms with E-state index in [9.17, 15) is 4.79 Å². The molecule has 2 fully saturated rings. The van der Waals surface area contributed by atoms with Crippen LogP contribution in [0.1, 0.15) is 12.8 Å². The van der Waals surface area contributed by atoms with Crippen molar-refractivity contribution >= 4 is 11.7 Å². The molecule has 0 bridgehead atoms. The van der Waals surface area contributed by atoms with Gasteiger partial charge in [0.05, 0.1) is 12.7 Å². The number of aliphatic hydroxyl groups is 1. The lowest BCUT2D eigenvalue weighted by Gasteiger charge is -2.34. The Kier molecular flexibility index (Phi) is 5.90. The van der Waals surface area contributed by atoms with E-state index in [1.807, 2.05) is 42.5 Å². The number of rotatable bonds is 5. The molecule has 0 radical (unpaired) electrons. The van der Waals surface area contributed by atoms with E-state index < -0.39 is 0 Å². The number of anilines is 1. The third kappa shape index (κ3) is 4.52. The van der Waals surface area contributed by atoms with Gasteiger partial charge in [-0.1, -0.05) is 42.5 Å². The quantitative estimate of drug-likeness (QED) is 0.745. The number of amides is 2. The maximum atomic E-state index is 12.4. The molecule has 0 spiro atoms. The van der Waals surface area contributed by atoms with Crippen LogP contribution in [0.25, 0.3) is 11.1 Å². The molecule has 3 atom stereocenters. The molecule has 2 heterocycles. The average Bonchev–Trinajstić information content (AvgIpc) is 3.11. The van der Waals surface area contributed by atoms with Crippen molar-refractivity contribution in [2.24, 2.45) is 0 Å². The van der Waals surface area contributed by atoms with Gasteiger partial charge in [-0.15, -0.1) is 0 Å². The summed E-state index contributed by atoms with van der Waals surface area (Å²) in [6.07, 6.45) is 1.66. The summed E-state index contributed by atoms with van der Waals surface area (Å²) >= 11 is 0. The molecule has 2 aliphatic rings. The molecule has 2 saturated heterocycles. The van der Waals surface area contributed by atoms with Gasteiger partial charge in [0.15, 0.2) is 0 Å². The van der Waals surface area contributed by atoms with Crippen LogP contribution in [0.5, 0.6) is 0 Å². The summed E-state index contributed by atoms with van der Waals surface area (Å²) in [4.78, 5) is 14.8. The van der Waals surface area contributed by atoms with E-state index in [1.165, 1.54) is 0 Å². The van der Waals surface area contributed by atoms with Gasteiger partial charge in [0.25, 0.3) is 0 Å². The van der Waals surface area contributed by atoms with Crippen LogP contribution in [-0.2, 0) is 4.74 Å². The number of benzene rings is 2. The highest BCUT2D eigenvalue weighted by Crippen LogP contribution is 2.25. The van der Waals surface area contributed by atoms with E-state index in [0.717, 1.165) is 36.3 Å². The Morgan fingerprint density at radius 3 is 2.57 bits per heavy atom. The summed E-state index contributed by atoms with van der Waals surface area (Å²) in [6, 6.07) is 18.3. The van der Waals surface area contributed by atoms with Gasteiger partial charge in [-0.25, -0.2) is 4.79 Å². The molecule has 6 nitrogen and oxygen atoms in total. The van der Waals surface area contributed by atoms with Gasteiger partial charge in [-0.05, 0) is 36.1 Å².